The molecular formula is C23H32N6O4. The third-order valence-corrected chi connectivity index (χ3v) is 5.86. The molecule has 0 spiro atoms. The lowest BCUT2D eigenvalue weighted by atomic mass is 9.89. The van der Waals surface area contributed by atoms with E-state index in [1.807, 2.05) is 26.8 Å². The topological polar surface area (TPSA) is 120 Å². The third kappa shape index (κ3) is 6.21. The Morgan fingerprint density at radius 1 is 1.21 bits per heavy atom. The zero-order valence-electron chi connectivity index (χ0n) is 19.6. The van der Waals surface area contributed by atoms with Crippen LogP contribution in [0.2, 0.25) is 0 Å². The monoisotopic (exact) mass is 456 g/mol. The summed E-state index contributed by atoms with van der Waals surface area (Å²) in [6, 6.07) is 1.16. The van der Waals surface area contributed by atoms with Gasteiger partial charge >= 0.3 is 6.09 Å². The van der Waals surface area contributed by atoms with E-state index in [2.05, 4.69) is 25.9 Å². The number of nitrogens with one attached hydrogen (secondary N) is 2. The Morgan fingerprint density at radius 2 is 1.91 bits per heavy atom. The molecule has 33 heavy (non-hydrogen) atoms. The van der Waals surface area contributed by atoms with E-state index in [0.29, 0.717) is 29.9 Å². The van der Waals surface area contributed by atoms with Crippen molar-refractivity contribution in [3.8, 4) is 5.88 Å². The fourth-order valence-electron chi connectivity index (χ4n) is 4.21. The number of carbonyl (C=O) groups is 2. The predicted molar refractivity (Wildman–Crippen MR) is 121 cm³/mol. The van der Waals surface area contributed by atoms with E-state index < -0.39 is 17.7 Å². The molecule has 2 fully saturated rings. The van der Waals surface area contributed by atoms with Gasteiger partial charge in [-0.2, -0.15) is 10.2 Å². The summed E-state index contributed by atoms with van der Waals surface area (Å²) in [6.45, 7) is 5.84. The minimum absolute atomic E-state index is 0.125. The summed E-state index contributed by atoms with van der Waals surface area (Å²) in [5.74, 6) is 1.25. The number of anilines is 1. The van der Waals surface area contributed by atoms with Crippen molar-refractivity contribution < 1.29 is 19.1 Å². The molecule has 2 saturated carbocycles. The van der Waals surface area contributed by atoms with Crippen molar-refractivity contribution in [3.05, 3.63) is 30.2 Å². The van der Waals surface area contributed by atoms with Crippen molar-refractivity contribution in [2.75, 3.05) is 12.4 Å². The molecule has 0 saturated heterocycles. The van der Waals surface area contributed by atoms with Gasteiger partial charge in [0.15, 0.2) is 0 Å². The first-order valence-corrected chi connectivity index (χ1v) is 11.4. The van der Waals surface area contributed by atoms with E-state index in [-0.39, 0.29) is 11.8 Å². The van der Waals surface area contributed by atoms with Crippen LogP contribution in [0, 0.1) is 17.8 Å². The normalized spacial score (nSPS) is 16.9. The number of hydrogen-bond donors (Lipinski definition) is 2. The number of alkyl carbamates (subject to hydrolysis) is 1. The van der Waals surface area contributed by atoms with E-state index >= 15 is 0 Å². The molecule has 1 atom stereocenters. The highest BCUT2D eigenvalue weighted by Crippen LogP contribution is 2.50. The molecule has 4 rings (SSSR count). The number of aromatic nitrogens is 4. The Labute approximate surface area is 193 Å². The van der Waals surface area contributed by atoms with Gasteiger partial charge in [-0.3, -0.25) is 9.48 Å². The van der Waals surface area contributed by atoms with Crippen LogP contribution in [0.1, 0.15) is 52.0 Å². The Kier molecular flexibility index (Phi) is 6.53. The van der Waals surface area contributed by atoms with Gasteiger partial charge in [0, 0.05) is 11.8 Å². The van der Waals surface area contributed by atoms with Crippen LogP contribution in [0.4, 0.5) is 10.5 Å². The quantitative estimate of drug-likeness (QED) is 0.595. The van der Waals surface area contributed by atoms with Gasteiger partial charge in [0.1, 0.15) is 11.6 Å². The van der Waals surface area contributed by atoms with Crippen molar-refractivity contribution >= 4 is 17.7 Å². The SMILES string of the molecule is COc1nnccc1Cn1cc(NC(=O)[C@@H](NC(=O)OC(C)(C)C)C(C2CC2)C2CC2)cn1. The average molecular weight is 457 g/mol. The van der Waals surface area contributed by atoms with Gasteiger partial charge in [-0.05, 0) is 70.3 Å². The van der Waals surface area contributed by atoms with Crippen LogP contribution >= 0.6 is 0 Å². The van der Waals surface area contributed by atoms with Gasteiger partial charge in [-0.25, -0.2) is 4.79 Å². The summed E-state index contributed by atoms with van der Waals surface area (Å²) in [5.41, 5.74) is 0.742. The molecule has 2 N–H and O–H groups in total. The standard InChI is InChI=1S/C23H32N6O4/c1-23(2,3)33-22(31)27-19(18(14-5-6-14)15-7-8-15)20(30)26-17-11-25-29(13-17)12-16-9-10-24-28-21(16)32-4/h9-11,13-15,18-19H,5-8,12H2,1-4H3,(H,26,30)(H,27,31)/t19-/m0/s1. The highest BCUT2D eigenvalue weighted by molar-refractivity contribution is 5.96. The molecule has 0 unspecified atom stereocenters. The predicted octanol–water partition coefficient (Wildman–Crippen LogP) is 3.00. The molecule has 2 aromatic heterocycles. The van der Waals surface area contributed by atoms with E-state index in [9.17, 15) is 9.59 Å². The molecule has 2 aliphatic carbocycles. The number of nitrogens with zero attached hydrogens (tertiary/aromatic N) is 4. The van der Waals surface area contributed by atoms with Crippen LogP contribution in [0.15, 0.2) is 24.7 Å². The first kappa shape index (κ1) is 23.0. The second-order valence-corrected chi connectivity index (χ2v) is 9.86. The molecule has 10 nitrogen and oxygen atoms in total. The maximum atomic E-state index is 13.3. The van der Waals surface area contributed by atoms with Crippen molar-refractivity contribution in [2.45, 2.75) is 64.6 Å². The summed E-state index contributed by atoms with van der Waals surface area (Å²) in [6.07, 6.45) is 8.75. The van der Waals surface area contributed by atoms with Crippen molar-refractivity contribution in [3.63, 3.8) is 0 Å². The number of carbonyl (C=O) groups excluding carboxylic acids is 2. The maximum Gasteiger partial charge on any atom is 0.408 e. The molecular weight excluding hydrogens is 424 g/mol. The first-order valence-electron chi connectivity index (χ1n) is 11.4. The van der Waals surface area contributed by atoms with Gasteiger partial charge in [0.2, 0.25) is 11.8 Å². The van der Waals surface area contributed by atoms with Crippen LogP contribution in [-0.2, 0) is 16.1 Å². The van der Waals surface area contributed by atoms with Gasteiger partial charge in [-0.15, -0.1) is 5.10 Å². The zero-order valence-corrected chi connectivity index (χ0v) is 19.6. The molecule has 0 aliphatic heterocycles. The Bertz CT molecular complexity index is 981. The molecule has 2 heterocycles. The second-order valence-electron chi connectivity index (χ2n) is 9.86. The molecule has 178 valence electrons. The number of amides is 2. The van der Waals surface area contributed by atoms with Crippen molar-refractivity contribution in [1.29, 1.82) is 0 Å². The van der Waals surface area contributed by atoms with Crippen LogP contribution in [0.5, 0.6) is 5.88 Å². The molecule has 0 aromatic carbocycles. The number of rotatable bonds is 9. The zero-order chi connectivity index (χ0) is 23.6. The summed E-state index contributed by atoms with van der Waals surface area (Å²) in [5, 5.41) is 17.9. The van der Waals surface area contributed by atoms with Crippen LogP contribution in [-0.4, -0.2) is 50.7 Å². The van der Waals surface area contributed by atoms with E-state index in [0.717, 1.165) is 31.2 Å². The lowest BCUT2D eigenvalue weighted by Gasteiger charge is -2.28. The summed E-state index contributed by atoms with van der Waals surface area (Å²) >= 11 is 0. The Morgan fingerprint density at radius 3 is 2.52 bits per heavy atom. The van der Waals surface area contributed by atoms with Crippen LogP contribution < -0.4 is 15.4 Å². The van der Waals surface area contributed by atoms with Gasteiger partial charge in [0.25, 0.3) is 0 Å². The molecule has 0 bridgehead atoms. The molecule has 2 amide bonds. The number of hydrogen-bond acceptors (Lipinski definition) is 7. The Balaban J connectivity index is 1.46. The smallest absolute Gasteiger partial charge is 0.408 e. The maximum absolute atomic E-state index is 13.3. The largest absolute Gasteiger partial charge is 0.480 e. The van der Waals surface area contributed by atoms with E-state index in [1.54, 1.807) is 23.3 Å². The number of ether oxygens (including phenoxy) is 2. The highest BCUT2D eigenvalue weighted by Gasteiger charge is 2.48. The minimum atomic E-state index is -0.646. The average Bonchev–Trinajstić information content (AvgIpc) is 3.67. The lowest BCUT2D eigenvalue weighted by Crippen LogP contribution is -2.51. The Hall–Kier alpha value is -3.17. The molecule has 2 aromatic rings. The third-order valence-electron chi connectivity index (χ3n) is 5.86. The van der Waals surface area contributed by atoms with Gasteiger partial charge in [-0.1, -0.05) is 0 Å². The molecule has 10 heteroatoms. The van der Waals surface area contributed by atoms with Crippen LogP contribution in [0.3, 0.4) is 0 Å². The van der Waals surface area contributed by atoms with Crippen molar-refractivity contribution in [1.82, 2.24) is 25.3 Å². The first-order chi connectivity index (χ1) is 15.7. The second kappa shape index (κ2) is 9.36. The van der Waals surface area contributed by atoms with Gasteiger partial charge in [0.05, 0.1) is 31.7 Å². The van der Waals surface area contributed by atoms with Crippen LogP contribution in [0.25, 0.3) is 0 Å². The van der Waals surface area contributed by atoms with Crippen molar-refractivity contribution in [2.24, 2.45) is 17.8 Å². The van der Waals surface area contributed by atoms with E-state index in [4.69, 9.17) is 9.47 Å². The fraction of sp³-hybridized carbons (Fsp3) is 0.609. The van der Waals surface area contributed by atoms with E-state index in [1.165, 1.54) is 7.11 Å². The van der Waals surface area contributed by atoms with Gasteiger partial charge < -0.3 is 20.1 Å². The summed E-state index contributed by atoms with van der Waals surface area (Å²) in [7, 11) is 1.54. The lowest BCUT2D eigenvalue weighted by molar-refractivity contribution is -0.120. The minimum Gasteiger partial charge on any atom is -0.480 e. The highest BCUT2D eigenvalue weighted by atomic mass is 16.6. The summed E-state index contributed by atoms with van der Waals surface area (Å²) < 4.78 is 12.4. The number of methoxy groups -OCH3 is 1. The fourth-order valence-corrected chi connectivity index (χ4v) is 4.21. The molecule has 2 aliphatic rings. The molecule has 0 radical (unpaired) electrons. The summed E-state index contributed by atoms with van der Waals surface area (Å²) in [4.78, 5) is 25.9.